The van der Waals surface area contributed by atoms with Crippen LogP contribution in [0.15, 0.2) is 83.7 Å². The number of rotatable bonds is 6. The zero-order valence-corrected chi connectivity index (χ0v) is 22.8. The Morgan fingerprint density at radius 3 is 2.67 bits per heavy atom. The molecule has 3 heterocycles. The van der Waals surface area contributed by atoms with E-state index < -0.39 is 0 Å². The van der Waals surface area contributed by atoms with E-state index in [2.05, 4.69) is 18.0 Å². The van der Waals surface area contributed by atoms with Crippen molar-refractivity contribution < 1.29 is 4.74 Å². The Kier molecular flexibility index (Phi) is 7.31. The highest BCUT2D eigenvalue weighted by atomic mass is 35.5. The molecule has 7 heteroatoms. The van der Waals surface area contributed by atoms with Crippen molar-refractivity contribution in [1.29, 1.82) is 0 Å². The standard InChI is InChI=1S/C32H31ClN4O2/c1-36-17-4-6-26(16-18-36)37-32(38)28-15-14-27(39-21-25-13-10-23-5-2-3-7-30(23)34-25)20-29(28)31(35-37)19-22-8-11-24(33)12-9-22/h2-3,5,7-15,20,26H,4,6,16-19,21H2,1H3. The molecule has 1 fully saturated rings. The molecule has 0 aliphatic carbocycles. The predicted molar refractivity (Wildman–Crippen MR) is 157 cm³/mol. The normalized spacial score (nSPS) is 16.4. The van der Waals surface area contributed by atoms with Gasteiger partial charge in [0.25, 0.3) is 5.56 Å². The van der Waals surface area contributed by atoms with Crippen LogP contribution in [0.2, 0.25) is 5.02 Å². The third-order valence-electron chi connectivity index (χ3n) is 7.56. The van der Waals surface area contributed by atoms with Gasteiger partial charge in [0.2, 0.25) is 0 Å². The highest BCUT2D eigenvalue weighted by Crippen LogP contribution is 2.27. The summed E-state index contributed by atoms with van der Waals surface area (Å²) < 4.78 is 7.91. The molecule has 6 nitrogen and oxygen atoms in total. The lowest BCUT2D eigenvalue weighted by Gasteiger charge is -2.19. The van der Waals surface area contributed by atoms with Gasteiger partial charge in [0.15, 0.2) is 0 Å². The van der Waals surface area contributed by atoms with Crippen LogP contribution in [-0.2, 0) is 13.0 Å². The van der Waals surface area contributed by atoms with Gasteiger partial charge in [0, 0.05) is 22.2 Å². The first-order valence-electron chi connectivity index (χ1n) is 13.5. The van der Waals surface area contributed by atoms with Crippen LogP contribution in [0.1, 0.15) is 42.3 Å². The molecule has 198 valence electrons. The maximum atomic E-state index is 13.7. The van der Waals surface area contributed by atoms with Crippen LogP contribution in [-0.4, -0.2) is 39.8 Å². The van der Waals surface area contributed by atoms with Crippen molar-refractivity contribution >= 4 is 33.3 Å². The molecule has 0 spiro atoms. The van der Waals surface area contributed by atoms with E-state index >= 15 is 0 Å². The van der Waals surface area contributed by atoms with Crippen molar-refractivity contribution in [2.24, 2.45) is 0 Å². The fourth-order valence-electron chi connectivity index (χ4n) is 5.38. The van der Waals surface area contributed by atoms with Crippen LogP contribution in [0.25, 0.3) is 21.7 Å². The highest BCUT2D eigenvalue weighted by Gasteiger charge is 2.21. The Morgan fingerprint density at radius 2 is 1.79 bits per heavy atom. The van der Waals surface area contributed by atoms with Gasteiger partial charge in [0.1, 0.15) is 12.4 Å². The molecule has 0 radical (unpaired) electrons. The van der Waals surface area contributed by atoms with Crippen molar-refractivity contribution in [3.8, 4) is 5.75 Å². The second-order valence-electron chi connectivity index (χ2n) is 10.4. The number of hydrogen-bond donors (Lipinski definition) is 0. The van der Waals surface area contributed by atoms with E-state index in [9.17, 15) is 4.79 Å². The van der Waals surface area contributed by atoms with E-state index in [-0.39, 0.29) is 11.6 Å². The molecule has 39 heavy (non-hydrogen) atoms. The fraction of sp³-hybridized carbons (Fsp3) is 0.281. The molecule has 5 aromatic rings. The number of aromatic nitrogens is 3. The van der Waals surface area contributed by atoms with Crippen molar-refractivity contribution in [2.75, 3.05) is 20.1 Å². The van der Waals surface area contributed by atoms with E-state index in [4.69, 9.17) is 26.4 Å². The molecule has 1 aliphatic heterocycles. The van der Waals surface area contributed by atoms with Gasteiger partial charge in [-0.25, -0.2) is 9.67 Å². The first kappa shape index (κ1) is 25.5. The fourth-order valence-corrected chi connectivity index (χ4v) is 5.50. The first-order valence-corrected chi connectivity index (χ1v) is 13.9. The molecule has 0 N–H and O–H groups in total. The van der Waals surface area contributed by atoms with Crippen LogP contribution in [0.3, 0.4) is 0 Å². The molecular weight excluding hydrogens is 508 g/mol. The summed E-state index contributed by atoms with van der Waals surface area (Å²) in [5, 5.41) is 8.27. The van der Waals surface area contributed by atoms with Crippen molar-refractivity contribution in [3.63, 3.8) is 0 Å². The van der Waals surface area contributed by atoms with Crippen molar-refractivity contribution in [1.82, 2.24) is 19.7 Å². The van der Waals surface area contributed by atoms with Gasteiger partial charge in [0.05, 0.1) is 28.3 Å². The molecule has 0 saturated carbocycles. The monoisotopic (exact) mass is 538 g/mol. The van der Waals surface area contributed by atoms with E-state index in [1.165, 1.54) is 0 Å². The van der Waals surface area contributed by atoms with Crippen LogP contribution in [0, 0.1) is 0 Å². The lowest BCUT2D eigenvalue weighted by molar-refractivity contribution is 0.302. The quantitative estimate of drug-likeness (QED) is 0.249. The molecule has 2 aromatic heterocycles. The summed E-state index contributed by atoms with van der Waals surface area (Å²) in [6.45, 7) is 2.34. The number of hydrogen-bond acceptors (Lipinski definition) is 5. The largest absolute Gasteiger partial charge is 0.487 e. The lowest BCUT2D eigenvalue weighted by atomic mass is 10.0. The Labute approximate surface area is 232 Å². The maximum Gasteiger partial charge on any atom is 0.274 e. The molecule has 6 rings (SSSR count). The van der Waals surface area contributed by atoms with Crippen LogP contribution in [0.4, 0.5) is 0 Å². The van der Waals surface area contributed by atoms with Crippen LogP contribution < -0.4 is 10.3 Å². The average molecular weight is 539 g/mol. The number of fused-ring (bicyclic) bond motifs is 2. The number of pyridine rings is 1. The first-order chi connectivity index (χ1) is 19.0. The number of benzene rings is 3. The van der Waals surface area contributed by atoms with Gasteiger partial charge < -0.3 is 9.64 Å². The van der Waals surface area contributed by atoms with Crippen molar-refractivity contribution in [3.05, 3.63) is 111 Å². The van der Waals surface area contributed by atoms with Gasteiger partial charge in [-0.15, -0.1) is 0 Å². The Hall–Kier alpha value is -3.74. The van der Waals surface area contributed by atoms with Gasteiger partial charge in [-0.3, -0.25) is 4.79 Å². The second kappa shape index (κ2) is 11.2. The molecule has 1 atom stereocenters. The average Bonchev–Trinajstić information content (AvgIpc) is 3.18. The number of likely N-dealkylation sites (tertiary alicyclic amines) is 1. The minimum atomic E-state index is -0.0397. The number of ether oxygens (including phenoxy) is 1. The summed E-state index contributed by atoms with van der Waals surface area (Å²) in [4.78, 5) is 20.8. The summed E-state index contributed by atoms with van der Waals surface area (Å²) in [6.07, 6.45) is 3.50. The Balaban J connectivity index is 1.35. The highest BCUT2D eigenvalue weighted by molar-refractivity contribution is 6.30. The summed E-state index contributed by atoms with van der Waals surface area (Å²) in [7, 11) is 2.14. The van der Waals surface area contributed by atoms with E-state index in [0.717, 1.165) is 65.6 Å². The maximum absolute atomic E-state index is 13.7. The summed E-state index contributed by atoms with van der Waals surface area (Å²) in [5.41, 5.74) is 3.70. The van der Waals surface area contributed by atoms with Gasteiger partial charge in [-0.2, -0.15) is 5.10 Å². The topological polar surface area (TPSA) is 60.3 Å². The molecule has 1 aliphatic rings. The second-order valence-corrected chi connectivity index (χ2v) is 10.8. The smallest absolute Gasteiger partial charge is 0.274 e. The minimum Gasteiger partial charge on any atom is -0.487 e. The van der Waals surface area contributed by atoms with Gasteiger partial charge in [-0.1, -0.05) is 48.0 Å². The minimum absolute atomic E-state index is 0.0397. The number of para-hydroxylation sites is 1. The van der Waals surface area contributed by atoms with E-state index in [0.29, 0.717) is 29.2 Å². The summed E-state index contributed by atoms with van der Waals surface area (Å²) >= 11 is 6.14. The van der Waals surface area contributed by atoms with Crippen LogP contribution in [0.5, 0.6) is 5.75 Å². The molecule has 0 bridgehead atoms. The Bertz CT molecular complexity index is 1680. The van der Waals surface area contributed by atoms with Gasteiger partial charge in [-0.05, 0) is 87.4 Å². The zero-order valence-electron chi connectivity index (χ0n) is 22.0. The van der Waals surface area contributed by atoms with E-state index in [1.54, 1.807) is 4.68 Å². The lowest BCUT2D eigenvalue weighted by Crippen LogP contribution is -2.29. The van der Waals surface area contributed by atoms with Crippen molar-refractivity contribution in [2.45, 2.75) is 38.3 Å². The molecule has 1 saturated heterocycles. The zero-order chi connectivity index (χ0) is 26.8. The van der Waals surface area contributed by atoms with Gasteiger partial charge >= 0.3 is 0 Å². The van der Waals surface area contributed by atoms with E-state index in [1.807, 2.05) is 72.8 Å². The third-order valence-corrected chi connectivity index (χ3v) is 7.82. The molecule has 1 unspecified atom stereocenters. The van der Waals surface area contributed by atoms with Crippen LogP contribution >= 0.6 is 11.6 Å². The Morgan fingerprint density at radius 1 is 0.949 bits per heavy atom. The third kappa shape index (κ3) is 5.68. The SMILES string of the molecule is CN1CCCC(n2nc(Cc3ccc(Cl)cc3)c3cc(OCc4ccc5ccccc5n4)ccc3c2=O)CC1. The predicted octanol–water partition coefficient (Wildman–Crippen LogP) is 6.42. The summed E-state index contributed by atoms with van der Waals surface area (Å²) in [6, 6.07) is 25.7. The molecule has 3 aromatic carbocycles. The molecular formula is C32H31ClN4O2. The number of nitrogens with zero attached hydrogens (tertiary/aromatic N) is 4. The molecule has 0 amide bonds. The summed E-state index contributed by atoms with van der Waals surface area (Å²) in [5.74, 6) is 0.685. The number of halogens is 1.